The van der Waals surface area contributed by atoms with Crippen molar-refractivity contribution in [3.63, 3.8) is 0 Å². The van der Waals surface area contributed by atoms with Gasteiger partial charge in [-0.1, -0.05) is 66.2 Å². The first-order chi connectivity index (χ1) is 10.7. The summed E-state index contributed by atoms with van der Waals surface area (Å²) < 4.78 is 5.31. The molecule has 0 heterocycles. The average molecular weight is 309 g/mol. The van der Waals surface area contributed by atoms with E-state index in [4.69, 9.17) is 16.3 Å². The van der Waals surface area contributed by atoms with Crippen LogP contribution in [0.4, 0.5) is 0 Å². The van der Waals surface area contributed by atoms with Crippen molar-refractivity contribution in [2.24, 2.45) is 0 Å². The van der Waals surface area contributed by atoms with Gasteiger partial charge in [-0.2, -0.15) is 0 Å². The average Bonchev–Trinajstić information content (AvgIpc) is 2.58. The Morgan fingerprint density at radius 2 is 1.32 bits per heavy atom. The lowest BCUT2D eigenvalue weighted by Gasteiger charge is -2.07. The summed E-state index contributed by atoms with van der Waals surface area (Å²) in [6, 6.07) is 24.2. The molecule has 0 N–H and O–H groups in total. The number of esters is 1. The molecular weight excluding hydrogens is 296 g/mol. The number of halogens is 1. The van der Waals surface area contributed by atoms with Crippen molar-refractivity contribution < 1.29 is 9.53 Å². The molecule has 3 aromatic carbocycles. The molecule has 0 atom stereocenters. The van der Waals surface area contributed by atoms with Crippen LogP contribution in [-0.4, -0.2) is 5.97 Å². The maximum Gasteiger partial charge on any atom is 0.343 e. The number of hydrogen-bond donors (Lipinski definition) is 0. The lowest BCUT2D eigenvalue weighted by molar-refractivity contribution is 0.0735. The zero-order valence-electron chi connectivity index (χ0n) is 11.7. The molecule has 0 aliphatic heterocycles. The van der Waals surface area contributed by atoms with Crippen LogP contribution in [-0.2, 0) is 0 Å². The highest BCUT2D eigenvalue weighted by atomic mass is 35.5. The lowest BCUT2D eigenvalue weighted by Crippen LogP contribution is -2.08. The number of benzene rings is 3. The predicted molar refractivity (Wildman–Crippen MR) is 88.3 cm³/mol. The Labute approximate surface area is 133 Å². The smallest absolute Gasteiger partial charge is 0.343 e. The van der Waals surface area contributed by atoms with Crippen molar-refractivity contribution in [1.82, 2.24) is 0 Å². The van der Waals surface area contributed by atoms with Crippen LogP contribution in [0.2, 0.25) is 5.02 Å². The Morgan fingerprint density at radius 3 is 2.00 bits per heavy atom. The summed E-state index contributed by atoms with van der Waals surface area (Å²) in [5.74, 6) is -0.0611. The third-order valence-electron chi connectivity index (χ3n) is 3.27. The minimum atomic E-state index is -0.423. The number of ether oxygens (including phenoxy) is 1. The minimum absolute atomic E-state index is 0.362. The molecule has 0 radical (unpaired) electrons. The molecule has 0 unspecified atom stereocenters. The Bertz CT molecular complexity index is 780. The van der Waals surface area contributed by atoms with Gasteiger partial charge < -0.3 is 4.74 Å². The summed E-state index contributed by atoms with van der Waals surface area (Å²) in [5, 5.41) is 0.414. The number of para-hydroxylation sites is 1. The fraction of sp³-hybridized carbons (Fsp3) is 0. The molecule has 3 heteroatoms. The largest absolute Gasteiger partial charge is 0.421 e. The molecule has 3 rings (SSSR count). The van der Waals surface area contributed by atoms with E-state index in [0.29, 0.717) is 16.3 Å². The first-order valence-corrected chi connectivity index (χ1v) is 7.24. The van der Waals surface area contributed by atoms with Crippen LogP contribution in [0.25, 0.3) is 11.1 Å². The Hall–Kier alpha value is -2.58. The zero-order chi connectivity index (χ0) is 15.4. The van der Waals surface area contributed by atoms with Crippen LogP contribution >= 0.6 is 11.6 Å². The van der Waals surface area contributed by atoms with Crippen LogP contribution in [0.3, 0.4) is 0 Å². The fourth-order valence-corrected chi connectivity index (χ4v) is 2.29. The molecule has 0 saturated heterocycles. The monoisotopic (exact) mass is 308 g/mol. The van der Waals surface area contributed by atoms with Gasteiger partial charge in [0, 0.05) is 0 Å². The number of carbonyl (C=O) groups is 1. The van der Waals surface area contributed by atoms with E-state index < -0.39 is 5.97 Å². The van der Waals surface area contributed by atoms with E-state index >= 15 is 0 Å². The molecule has 108 valence electrons. The Balaban J connectivity index is 1.78. The summed E-state index contributed by atoms with van der Waals surface area (Å²) in [6.45, 7) is 0. The fourth-order valence-electron chi connectivity index (χ4n) is 2.12. The van der Waals surface area contributed by atoms with Crippen molar-refractivity contribution in [3.05, 3.63) is 89.4 Å². The molecule has 0 spiro atoms. The molecule has 2 nitrogen and oxygen atoms in total. The summed E-state index contributed by atoms with van der Waals surface area (Å²) in [5.41, 5.74) is 2.64. The minimum Gasteiger partial charge on any atom is -0.421 e. The van der Waals surface area contributed by atoms with Crippen molar-refractivity contribution >= 4 is 17.6 Å². The van der Waals surface area contributed by atoms with Crippen molar-refractivity contribution in [1.29, 1.82) is 0 Å². The number of carbonyl (C=O) groups excluding carboxylic acids is 1. The summed E-state index contributed by atoms with van der Waals surface area (Å²) in [6.07, 6.45) is 0. The van der Waals surface area contributed by atoms with E-state index in [-0.39, 0.29) is 0 Å². The van der Waals surface area contributed by atoms with Crippen LogP contribution in [0, 0.1) is 0 Å². The van der Waals surface area contributed by atoms with Gasteiger partial charge >= 0.3 is 5.97 Å². The van der Waals surface area contributed by atoms with E-state index in [1.54, 1.807) is 36.4 Å². The van der Waals surface area contributed by atoms with Crippen LogP contribution in [0.1, 0.15) is 10.4 Å². The lowest BCUT2D eigenvalue weighted by atomic mass is 10.0. The van der Waals surface area contributed by atoms with E-state index in [0.717, 1.165) is 11.1 Å². The molecule has 0 aliphatic rings. The van der Waals surface area contributed by atoms with Gasteiger partial charge in [-0.25, -0.2) is 4.79 Å². The Kier molecular flexibility index (Phi) is 4.22. The topological polar surface area (TPSA) is 26.3 Å². The van der Waals surface area contributed by atoms with Gasteiger partial charge in [0.2, 0.25) is 0 Å². The second kappa shape index (κ2) is 6.46. The highest BCUT2D eigenvalue weighted by Crippen LogP contribution is 2.25. The molecule has 0 amide bonds. The molecule has 0 fully saturated rings. The van der Waals surface area contributed by atoms with Gasteiger partial charge in [0.05, 0.1) is 10.6 Å². The first kappa shape index (κ1) is 14.4. The SMILES string of the molecule is O=C(Oc1ccccc1Cl)c1ccc(-c2ccccc2)cc1. The van der Waals surface area contributed by atoms with Crippen molar-refractivity contribution in [3.8, 4) is 16.9 Å². The summed E-state index contributed by atoms with van der Waals surface area (Å²) in [4.78, 5) is 12.1. The molecule has 3 aromatic rings. The third-order valence-corrected chi connectivity index (χ3v) is 3.58. The molecule has 0 bridgehead atoms. The van der Waals surface area contributed by atoms with Crippen molar-refractivity contribution in [2.45, 2.75) is 0 Å². The van der Waals surface area contributed by atoms with Gasteiger partial charge in [0.15, 0.2) is 0 Å². The highest BCUT2D eigenvalue weighted by Gasteiger charge is 2.10. The number of rotatable bonds is 3. The molecule has 22 heavy (non-hydrogen) atoms. The van der Waals surface area contributed by atoms with E-state index in [9.17, 15) is 4.79 Å². The van der Waals surface area contributed by atoms with Gasteiger partial charge in [0.1, 0.15) is 5.75 Å². The third kappa shape index (κ3) is 3.18. The maximum absolute atomic E-state index is 12.1. The second-order valence-corrected chi connectivity index (χ2v) is 5.17. The standard InChI is InChI=1S/C19H13ClO2/c20-17-8-4-5-9-18(17)22-19(21)16-12-10-15(11-13-16)14-6-2-1-3-7-14/h1-13H. The van der Waals surface area contributed by atoms with Gasteiger partial charge in [-0.3, -0.25) is 0 Å². The van der Waals surface area contributed by atoms with Crippen LogP contribution < -0.4 is 4.74 Å². The van der Waals surface area contributed by atoms with Crippen molar-refractivity contribution in [2.75, 3.05) is 0 Å². The molecule has 0 aliphatic carbocycles. The zero-order valence-corrected chi connectivity index (χ0v) is 12.5. The van der Waals surface area contributed by atoms with E-state index in [1.807, 2.05) is 42.5 Å². The molecular formula is C19H13ClO2. The maximum atomic E-state index is 12.1. The van der Waals surface area contributed by atoms with Crippen LogP contribution in [0.5, 0.6) is 5.75 Å². The first-order valence-electron chi connectivity index (χ1n) is 6.86. The van der Waals surface area contributed by atoms with Gasteiger partial charge in [-0.05, 0) is 35.4 Å². The quantitative estimate of drug-likeness (QED) is 0.489. The Morgan fingerprint density at radius 1 is 0.727 bits per heavy atom. The molecule has 0 aromatic heterocycles. The second-order valence-electron chi connectivity index (χ2n) is 4.76. The normalized spacial score (nSPS) is 10.2. The summed E-state index contributed by atoms with van der Waals surface area (Å²) >= 11 is 5.98. The highest BCUT2D eigenvalue weighted by molar-refractivity contribution is 6.32. The van der Waals surface area contributed by atoms with Gasteiger partial charge in [-0.15, -0.1) is 0 Å². The van der Waals surface area contributed by atoms with E-state index in [1.165, 1.54) is 0 Å². The van der Waals surface area contributed by atoms with Crippen LogP contribution in [0.15, 0.2) is 78.9 Å². The number of hydrogen-bond acceptors (Lipinski definition) is 2. The molecule has 0 saturated carbocycles. The predicted octanol–water partition coefficient (Wildman–Crippen LogP) is 5.23. The van der Waals surface area contributed by atoms with E-state index in [2.05, 4.69) is 0 Å². The van der Waals surface area contributed by atoms with Gasteiger partial charge in [0.25, 0.3) is 0 Å². The summed E-state index contributed by atoms with van der Waals surface area (Å²) in [7, 11) is 0.